The summed E-state index contributed by atoms with van der Waals surface area (Å²) in [4.78, 5) is 10.7. The molecule has 0 atom stereocenters. The zero-order chi connectivity index (χ0) is 13.8. The molecule has 0 aliphatic carbocycles. The van der Waals surface area contributed by atoms with Gasteiger partial charge in [0.05, 0.1) is 5.56 Å². The van der Waals surface area contributed by atoms with Crippen LogP contribution in [0, 0.1) is 9.39 Å². The van der Waals surface area contributed by atoms with Gasteiger partial charge < -0.3 is 9.84 Å². The molecule has 98 valence electrons. The van der Waals surface area contributed by atoms with E-state index in [1.54, 1.807) is 6.07 Å². The van der Waals surface area contributed by atoms with E-state index < -0.39 is 11.8 Å². The van der Waals surface area contributed by atoms with Crippen LogP contribution in [0.5, 0.6) is 5.75 Å². The molecule has 0 aromatic heterocycles. The molecule has 0 amide bonds. The van der Waals surface area contributed by atoms with Crippen LogP contribution < -0.4 is 4.74 Å². The Kier molecular flexibility index (Phi) is 4.36. The number of carbonyl (C=O) groups is 1. The minimum Gasteiger partial charge on any atom is -0.489 e. The second-order valence-corrected chi connectivity index (χ2v) is 5.10. The summed E-state index contributed by atoms with van der Waals surface area (Å²) < 4.78 is 20.1. The monoisotopic (exact) mass is 372 g/mol. The quantitative estimate of drug-likeness (QED) is 0.833. The van der Waals surface area contributed by atoms with Gasteiger partial charge in [0.15, 0.2) is 0 Å². The van der Waals surface area contributed by atoms with E-state index in [1.807, 2.05) is 18.2 Å². The number of ether oxygens (including phenoxy) is 1. The van der Waals surface area contributed by atoms with Crippen LogP contribution in [0.15, 0.2) is 42.5 Å². The highest BCUT2D eigenvalue weighted by atomic mass is 127. The lowest BCUT2D eigenvalue weighted by Crippen LogP contribution is -2.02. The third kappa shape index (κ3) is 3.66. The Morgan fingerprint density at radius 2 is 2.05 bits per heavy atom. The molecule has 2 aromatic rings. The highest BCUT2D eigenvalue weighted by molar-refractivity contribution is 14.1. The second kappa shape index (κ2) is 6.01. The van der Waals surface area contributed by atoms with Gasteiger partial charge in [0.25, 0.3) is 0 Å². The zero-order valence-electron chi connectivity index (χ0n) is 9.77. The molecule has 0 aliphatic rings. The van der Waals surface area contributed by atoms with Crippen molar-refractivity contribution in [2.24, 2.45) is 0 Å². The molecular weight excluding hydrogens is 362 g/mol. The van der Waals surface area contributed by atoms with Gasteiger partial charge in [0.1, 0.15) is 18.2 Å². The van der Waals surface area contributed by atoms with Gasteiger partial charge in [-0.1, -0.05) is 12.1 Å². The van der Waals surface area contributed by atoms with Crippen molar-refractivity contribution in [3.05, 3.63) is 63.0 Å². The van der Waals surface area contributed by atoms with Crippen molar-refractivity contribution in [1.29, 1.82) is 0 Å². The number of carboxylic acid groups (broad SMARTS) is 1. The van der Waals surface area contributed by atoms with E-state index in [9.17, 15) is 9.18 Å². The highest BCUT2D eigenvalue weighted by Gasteiger charge is 2.08. The number of carboxylic acids is 1. The Morgan fingerprint density at radius 1 is 1.26 bits per heavy atom. The Bertz CT molecular complexity index is 613. The largest absolute Gasteiger partial charge is 0.489 e. The van der Waals surface area contributed by atoms with Gasteiger partial charge in [0.2, 0.25) is 0 Å². The van der Waals surface area contributed by atoms with Crippen molar-refractivity contribution in [3.8, 4) is 5.75 Å². The molecule has 0 saturated heterocycles. The van der Waals surface area contributed by atoms with E-state index in [2.05, 4.69) is 22.6 Å². The van der Waals surface area contributed by atoms with Gasteiger partial charge in [-0.15, -0.1) is 0 Å². The lowest BCUT2D eigenvalue weighted by atomic mass is 10.1. The van der Waals surface area contributed by atoms with Gasteiger partial charge >= 0.3 is 5.97 Å². The Labute approximate surface area is 123 Å². The number of hydrogen-bond donors (Lipinski definition) is 1. The first kappa shape index (κ1) is 13.8. The molecule has 0 heterocycles. The first-order chi connectivity index (χ1) is 9.06. The van der Waals surface area contributed by atoms with Crippen LogP contribution in [0.1, 0.15) is 15.9 Å². The predicted molar refractivity (Wildman–Crippen MR) is 76.9 cm³/mol. The average Bonchev–Trinajstić information content (AvgIpc) is 2.37. The fourth-order valence-corrected chi connectivity index (χ4v) is 2.03. The summed E-state index contributed by atoms with van der Waals surface area (Å²) in [5, 5.41) is 8.74. The van der Waals surface area contributed by atoms with Crippen molar-refractivity contribution in [3.63, 3.8) is 0 Å². The van der Waals surface area contributed by atoms with Crippen molar-refractivity contribution < 1.29 is 19.0 Å². The summed E-state index contributed by atoms with van der Waals surface area (Å²) in [7, 11) is 0. The van der Waals surface area contributed by atoms with Gasteiger partial charge in [0, 0.05) is 9.13 Å². The van der Waals surface area contributed by atoms with Crippen molar-refractivity contribution in [2.75, 3.05) is 0 Å². The fourth-order valence-electron chi connectivity index (χ4n) is 1.52. The van der Waals surface area contributed by atoms with Crippen LogP contribution in [0.25, 0.3) is 0 Å². The molecule has 0 radical (unpaired) electrons. The second-order valence-electron chi connectivity index (χ2n) is 3.86. The molecule has 2 rings (SSSR count). The lowest BCUT2D eigenvalue weighted by molar-refractivity contribution is 0.0696. The van der Waals surface area contributed by atoms with E-state index in [4.69, 9.17) is 9.84 Å². The van der Waals surface area contributed by atoms with E-state index in [0.29, 0.717) is 11.3 Å². The molecule has 19 heavy (non-hydrogen) atoms. The number of rotatable bonds is 4. The number of halogens is 2. The molecular formula is C14H10FIO3. The minimum absolute atomic E-state index is 0.0613. The SMILES string of the molecule is O=C(O)c1ccc(COc2cccc(I)c2)c(F)c1. The maximum absolute atomic E-state index is 13.6. The van der Waals surface area contributed by atoms with E-state index >= 15 is 0 Å². The summed E-state index contributed by atoms with van der Waals surface area (Å²) in [6, 6.07) is 11.2. The van der Waals surface area contributed by atoms with Crippen molar-refractivity contribution >= 4 is 28.6 Å². The van der Waals surface area contributed by atoms with Gasteiger partial charge in [-0.3, -0.25) is 0 Å². The van der Waals surface area contributed by atoms with Gasteiger partial charge in [-0.05, 0) is 52.9 Å². The standard InChI is InChI=1S/C14H10FIO3/c15-13-6-9(14(17)18)4-5-10(13)8-19-12-3-1-2-11(16)7-12/h1-7H,8H2,(H,17,18). The smallest absolute Gasteiger partial charge is 0.335 e. The maximum Gasteiger partial charge on any atom is 0.335 e. The van der Waals surface area contributed by atoms with Crippen LogP contribution in [0.2, 0.25) is 0 Å². The Morgan fingerprint density at radius 3 is 2.68 bits per heavy atom. The van der Waals surface area contributed by atoms with Gasteiger partial charge in [-0.2, -0.15) is 0 Å². The molecule has 2 aromatic carbocycles. The third-order valence-electron chi connectivity index (χ3n) is 2.49. The predicted octanol–water partition coefficient (Wildman–Crippen LogP) is 3.71. The van der Waals surface area contributed by atoms with E-state index in [1.165, 1.54) is 12.1 Å². The third-order valence-corrected chi connectivity index (χ3v) is 3.16. The fraction of sp³-hybridized carbons (Fsp3) is 0.0714. The lowest BCUT2D eigenvalue weighted by Gasteiger charge is -2.08. The summed E-state index contributed by atoms with van der Waals surface area (Å²) >= 11 is 2.16. The normalized spacial score (nSPS) is 10.2. The molecule has 0 unspecified atom stereocenters. The van der Waals surface area contributed by atoms with Crippen LogP contribution in [-0.2, 0) is 6.61 Å². The van der Waals surface area contributed by atoms with Crippen LogP contribution in [-0.4, -0.2) is 11.1 Å². The summed E-state index contributed by atoms with van der Waals surface area (Å²) in [5.41, 5.74) is 0.249. The molecule has 3 nitrogen and oxygen atoms in total. The van der Waals surface area contributed by atoms with Crippen molar-refractivity contribution in [2.45, 2.75) is 6.61 Å². The van der Waals surface area contributed by atoms with Crippen molar-refractivity contribution in [1.82, 2.24) is 0 Å². The average molecular weight is 372 g/mol. The molecule has 0 spiro atoms. The maximum atomic E-state index is 13.6. The topological polar surface area (TPSA) is 46.5 Å². The molecule has 0 saturated carbocycles. The first-order valence-electron chi connectivity index (χ1n) is 5.46. The van der Waals surface area contributed by atoms with Gasteiger partial charge in [-0.25, -0.2) is 9.18 Å². The molecule has 0 bridgehead atoms. The van der Waals surface area contributed by atoms with E-state index in [0.717, 1.165) is 9.64 Å². The summed E-state index contributed by atoms with van der Waals surface area (Å²) in [5.74, 6) is -1.08. The minimum atomic E-state index is -1.15. The Balaban J connectivity index is 2.10. The van der Waals surface area contributed by atoms with Crippen LogP contribution in [0.4, 0.5) is 4.39 Å². The molecule has 5 heteroatoms. The van der Waals surface area contributed by atoms with Crippen LogP contribution >= 0.6 is 22.6 Å². The summed E-state index contributed by atoms with van der Waals surface area (Å²) in [6.45, 7) is 0.0613. The number of aromatic carboxylic acids is 1. The van der Waals surface area contributed by atoms with E-state index in [-0.39, 0.29) is 12.2 Å². The molecule has 0 fully saturated rings. The first-order valence-corrected chi connectivity index (χ1v) is 6.54. The summed E-state index contributed by atoms with van der Waals surface area (Å²) in [6.07, 6.45) is 0. The molecule has 0 aliphatic heterocycles. The molecule has 1 N–H and O–H groups in total. The number of hydrogen-bond acceptors (Lipinski definition) is 2. The number of benzene rings is 2. The Hall–Kier alpha value is -1.63. The van der Waals surface area contributed by atoms with Crippen LogP contribution in [0.3, 0.4) is 0 Å². The zero-order valence-corrected chi connectivity index (χ0v) is 11.9. The highest BCUT2D eigenvalue weighted by Crippen LogP contribution is 2.18.